The van der Waals surface area contributed by atoms with E-state index in [1.54, 1.807) is 7.11 Å². The van der Waals surface area contributed by atoms with Gasteiger partial charge in [0.15, 0.2) is 0 Å². The van der Waals surface area contributed by atoms with Crippen molar-refractivity contribution in [3.8, 4) is 5.75 Å². The van der Waals surface area contributed by atoms with Gasteiger partial charge in [0, 0.05) is 5.82 Å². The predicted molar refractivity (Wildman–Crippen MR) is 107 cm³/mol. The Kier molecular flexibility index (Phi) is 5.45. The Morgan fingerprint density at radius 3 is 2.00 bits per heavy atom. The van der Waals surface area contributed by atoms with Crippen molar-refractivity contribution in [2.24, 2.45) is 0 Å². The number of hydrogen-bond donors (Lipinski definition) is 0. The monoisotopic (exact) mass is 352 g/mol. The first-order valence-corrected chi connectivity index (χ1v) is 9.36. The molecule has 3 nitrogen and oxygen atoms in total. The second kappa shape index (κ2) is 7.46. The van der Waals surface area contributed by atoms with Gasteiger partial charge in [0.2, 0.25) is 0 Å². The zero-order valence-corrected chi connectivity index (χ0v) is 16.5. The van der Waals surface area contributed by atoms with E-state index < -0.39 is 0 Å². The molecule has 0 N–H and O–H groups in total. The molecule has 2 aromatic rings. The fraction of sp³-hybridized carbons (Fsp3) is 0.455. The van der Waals surface area contributed by atoms with Crippen LogP contribution in [0.5, 0.6) is 5.75 Å². The molecule has 0 aliphatic carbocycles. The lowest BCUT2D eigenvalue weighted by Gasteiger charge is -2.32. The molecule has 0 amide bonds. The molecule has 26 heavy (non-hydrogen) atoms. The molecule has 0 aromatic heterocycles. The van der Waals surface area contributed by atoms with Crippen molar-refractivity contribution < 1.29 is 14.0 Å². The van der Waals surface area contributed by atoms with E-state index in [0.717, 1.165) is 18.6 Å². The fourth-order valence-corrected chi connectivity index (χ4v) is 3.33. The number of methoxy groups -OCH3 is 1. The minimum absolute atomic E-state index is 0.169. The Balaban J connectivity index is 1.83. The van der Waals surface area contributed by atoms with Gasteiger partial charge in [-0.3, -0.25) is 0 Å². The Hall–Kier alpha value is -1.78. The van der Waals surface area contributed by atoms with Crippen molar-refractivity contribution in [1.82, 2.24) is 0 Å². The molecule has 0 saturated carbocycles. The van der Waals surface area contributed by atoms with Gasteiger partial charge in [-0.2, -0.15) is 0 Å². The molecular formula is C22H29BO3. The van der Waals surface area contributed by atoms with Gasteiger partial charge in [0.05, 0.1) is 18.3 Å². The Labute approximate surface area is 157 Å². The number of benzene rings is 2. The van der Waals surface area contributed by atoms with Crippen LogP contribution >= 0.6 is 0 Å². The minimum Gasteiger partial charge on any atom is -0.497 e. The van der Waals surface area contributed by atoms with Gasteiger partial charge in [0.25, 0.3) is 0 Å². The first-order chi connectivity index (χ1) is 12.3. The summed E-state index contributed by atoms with van der Waals surface area (Å²) in [6.07, 6.45) is 1.95. The van der Waals surface area contributed by atoms with Gasteiger partial charge in [-0.05, 0) is 63.8 Å². The van der Waals surface area contributed by atoms with Crippen LogP contribution < -0.4 is 4.74 Å². The minimum atomic E-state index is -0.324. The number of aryl methyl sites for hydroxylation is 1. The van der Waals surface area contributed by atoms with Crippen molar-refractivity contribution in [3.63, 3.8) is 0 Å². The van der Waals surface area contributed by atoms with Crippen LogP contribution in [0, 0.1) is 0 Å². The molecule has 0 radical (unpaired) electrons. The predicted octanol–water partition coefficient (Wildman–Crippen LogP) is 5.04. The van der Waals surface area contributed by atoms with E-state index in [2.05, 4.69) is 70.2 Å². The molecule has 0 spiro atoms. The van der Waals surface area contributed by atoms with Crippen molar-refractivity contribution in [2.75, 3.05) is 7.11 Å². The molecule has 2 aromatic carbocycles. The van der Waals surface area contributed by atoms with E-state index >= 15 is 0 Å². The highest BCUT2D eigenvalue weighted by molar-refractivity contribution is 6.47. The van der Waals surface area contributed by atoms with Crippen LogP contribution in [0.3, 0.4) is 0 Å². The third-order valence-electron chi connectivity index (χ3n) is 5.73. The van der Waals surface area contributed by atoms with Gasteiger partial charge in [-0.1, -0.05) is 42.5 Å². The topological polar surface area (TPSA) is 27.7 Å². The van der Waals surface area contributed by atoms with Crippen molar-refractivity contribution in [2.45, 2.75) is 57.6 Å². The Morgan fingerprint density at radius 1 is 0.885 bits per heavy atom. The van der Waals surface area contributed by atoms with Crippen LogP contribution in [0.25, 0.3) is 0 Å². The lowest BCUT2D eigenvalue weighted by molar-refractivity contribution is 0.00578. The molecule has 1 fully saturated rings. The summed E-state index contributed by atoms with van der Waals surface area (Å²) in [7, 11) is 1.44. The van der Waals surface area contributed by atoms with Crippen molar-refractivity contribution in [3.05, 3.63) is 65.7 Å². The highest BCUT2D eigenvalue weighted by Gasteiger charge is 2.53. The molecule has 0 bridgehead atoms. The van der Waals surface area contributed by atoms with Crippen LogP contribution in [-0.4, -0.2) is 25.4 Å². The first kappa shape index (κ1) is 19.0. The third kappa shape index (κ3) is 3.97. The quantitative estimate of drug-likeness (QED) is 0.682. The SMILES string of the molecule is COc1ccc(C(CCc2ccccc2)B2OC(C)(C)C(C)(C)O2)cc1. The molecule has 1 atom stereocenters. The Morgan fingerprint density at radius 2 is 1.46 bits per heavy atom. The third-order valence-corrected chi connectivity index (χ3v) is 5.73. The van der Waals surface area contributed by atoms with E-state index in [-0.39, 0.29) is 24.1 Å². The summed E-state index contributed by atoms with van der Waals surface area (Å²) in [5, 5.41) is 0. The van der Waals surface area contributed by atoms with E-state index in [9.17, 15) is 0 Å². The number of ether oxygens (including phenoxy) is 1. The zero-order valence-electron chi connectivity index (χ0n) is 16.5. The van der Waals surface area contributed by atoms with E-state index in [1.807, 2.05) is 12.1 Å². The number of rotatable bonds is 6. The van der Waals surface area contributed by atoms with Crippen LogP contribution in [0.4, 0.5) is 0 Å². The standard InChI is InChI=1S/C22H29BO3/c1-21(2)22(3,4)26-23(25-21)20(16-11-17-9-7-6-8-10-17)18-12-14-19(24-5)15-13-18/h6-10,12-15,20H,11,16H2,1-5H3. The molecule has 3 rings (SSSR count). The average molecular weight is 352 g/mol. The van der Waals surface area contributed by atoms with Gasteiger partial charge in [0.1, 0.15) is 5.75 Å². The molecule has 138 valence electrons. The molecule has 1 unspecified atom stereocenters. The molecule has 1 heterocycles. The summed E-state index contributed by atoms with van der Waals surface area (Å²) in [6.45, 7) is 8.43. The largest absolute Gasteiger partial charge is 0.497 e. The van der Waals surface area contributed by atoms with Crippen molar-refractivity contribution >= 4 is 7.12 Å². The highest BCUT2D eigenvalue weighted by atomic mass is 16.7. The summed E-state index contributed by atoms with van der Waals surface area (Å²) >= 11 is 0. The van der Waals surface area contributed by atoms with Crippen LogP contribution in [0.15, 0.2) is 54.6 Å². The molecule has 1 saturated heterocycles. The lowest BCUT2D eigenvalue weighted by atomic mass is 9.65. The summed E-state index contributed by atoms with van der Waals surface area (Å²) in [4.78, 5) is 0. The zero-order chi connectivity index (χ0) is 18.8. The summed E-state index contributed by atoms with van der Waals surface area (Å²) in [6, 6.07) is 18.9. The summed E-state index contributed by atoms with van der Waals surface area (Å²) < 4.78 is 18.1. The summed E-state index contributed by atoms with van der Waals surface area (Å²) in [5.41, 5.74) is 1.91. The maximum absolute atomic E-state index is 6.37. The molecular weight excluding hydrogens is 323 g/mol. The highest BCUT2D eigenvalue weighted by Crippen LogP contribution is 2.42. The van der Waals surface area contributed by atoms with Crippen LogP contribution in [0.1, 0.15) is 51.1 Å². The second-order valence-corrected chi connectivity index (χ2v) is 8.03. The van der Waals surface area contributed by atoms with E-state index in [0.29, 0.717) is 0 Å². The maximum Gasteiger partial charge on any atom is 0.465 e. The normalized spacial score (nSPS) is 19.3. The average Bonchev–Trinajstić information content (AvgIpc) is 2.84. The van der Waals surface area contributed by atoms with E-state index in [1.165, 1.54) is 11.1 Å². The molecule has 1 aliphatic heterocycles. The van der Waals surface area contributed by atoms with Crippen molar-refractivity contribution in [1.29, 1.82) is 0 Å². The van der Waals surface area contributed by atoms with Gasteiger partial charge >= 0.3 is 7.12 Å². The molecule has 1 aliphatic rings. The molecule has 4 heteroatoms. The van der Waals surface area contributed by atoms with Gasteiger partial charge < -0.3 is 14.0 Å². The number of hydrogen-bond acceptors (Lipinski definition) is 3. The van der Waals surface area contributed by atoms with Crippen LogP contribution in [0.2, 0.25) is 0 Å². The maximum atomic E-state index is 6.37. The van der Waals surface area contributed by atoms with E-state index in [4.69, 9.17) is 14.0 Å². The first-order valence-electron chi connectivity index (χ1n) is 9.36. The van der Waals surface area contributed by atoms with Gasteiger partial charge in [-0.25, -0.2) is 0 Å². The Bertz CT molecular complexity index is 694. The van der Waals surface area contributed by atoms with Crippen LogP contribution in [-0.2, 0) is 15.7 Å². The second-order valence-electron chi connectivity index (χ2n) is 8.03. The fourth-order valence-electron chi connectivity index (χ4n) is 3.33. The van der Waals surface area contributed by atoms with Gasteiger partial charge in [-0.15, -0.1) is 0 Å². The lowest BCUT2D eigenvalue weighted by Crippen LogP contribution is -2.41. The smallest absolute Gasteiger partial charge is 0.465 e. The summed E-state index contributed by atoms with van der Waals surface area (Å²) in [5.74, 6) is 1.03.